The van der Waals surface area contributed by atoms with Crippen molar-refractivity contribution in [1.82, 2.24) is 19.7 Å². The van der Waals surface area contributed by atoms with Gasteiger partial charge in [0.2, 0.25) is 5.88 Å². The second-order valence-corrected chi connectivity index (χ2v) is 3.63. The summed E-state index contributed by atoms with van der Waals surface area (Å²) in [7, 11) is 1.84. The number of hydrogen-bond acceptors (Lipinski definition) is 5. The van der Waals surface area contributed by atoms with Crippen LogP contribution in [0.5, 0.6) is 11.6 Å². The van der Waals surface area contributed by atoms with Crippen LogP contribution in [0.1, 0.15) is 12.5 Å². The van der Waals surface area contributed by atoms with E-state index in [0.717, 1.165) is 17.9 Å². The molecule has 1 N–H and O–H groups in total. The van der Waals surface area contributed by atoms with Crippen LogP contribution in [-0.2, 0) is 7.05 Å². The lowest BCUT2D eigenvalue weighted by Gasteiger charge is -2.09. The van der Waals surface area contributed by atoms with E-state index in [1.807, 2.05) is 20.9 Å². The van der Waals surface area contributed by atoms with Crippen LogP contribution in [0.25, 0.3) is 0 Å². The Morgan fingerprint density at radius 2 is 2.24 bits per heavy atom. The number of aryl methyl sites for hydroxylation is 1. The molecule has 0 aliphatic carbocycles. The summed E-state index contributed by atoms with van der Waals surface area (Å²) in [4.78, 5) is 8.27. The first-order valence-corrected chi connectivity index (χ1v) is 5.42. The minimum Gasteiger partial charge on any atom is -0.435 e. The van der Waals surface area contributed by atoms with Crippen molar-refractivity contribution < 1.29 is 4.74 Å². The molecule has 0 aliphatic heterocycles. The van der Waals surface area contributed by atoms with Gasteiger partial charge < -0.3 is 10.1 Å². The lowest BCUT2D eigenvalue weighted by atomic mass is 10.3. The van der Waals surface area contributed by atoms with Gasteiger partial charge in [-0.3, -0.25) is 4.68 Å². The second-order valence-electron chi connectivity index (χ2n) is 3.63. The van der Waals surface area contributed by atoms with E-state index in [0.29, 0.717) is 11.6 Å². The predicted molar refractivity (Wildman–Crippen MR) is 64.2 cm³/mol. The molecule has 0 atom stereocenters. The number of ether oxygens (including phenoxy) is 1. The van der Waals surface area contributed by atoms with Crippen molar-refractivity contribution >= 4 is 5.82 Å². The van der Waals surface area contributed by atoms with Crippen LogP contribution < -0.4 is 10.1 Å². The van der Waals surface area contributed by atoms with E-state index in [2.05, 4.69) is 20.4 Å². The lowest BCUT2D eigenvalue weighted by Crippen LogP contribution is -2.03. The molecule has 0 saturated carbocycles. The fourth-order valence-corrected chi connectivity index (χ4v) is 1.45. The summed E-state index contributed by atoms with van der Waals surface area (Å²) in [5.41, 5.74) is 0.887. The molecule has 0 radical (unpaired) electrons. The highest BCUT2D eigenvalue weighted by Crippen LogP contribution is 2.25. The molecule has 17 heavy (non-hydrogen) atoms. The first-order valence-electron chi connectivity index (χ1n) is 5.42. The quantitative estimate of drug-likeness (QED) is 0.871. The monoisotopic (exact) mass is 233 g/mol. The minimum atomic E-state index is 0.545. The third-order valence-corrected chi connectivity index (χ3v) is 2.28. The maximum absolute atomic E-state index is 5.64. The van der Waals surface area contributed by atoms with E-state index < -0.39 is 0 Å². The van der Waals surface area contributed by atoms with Crippen LogP contribution >= 0.6 is 0 Å². The summed E-state index contributed by atoms with van der Waals surface area (Å²) in [6.45, 7) is 4.75. The molecular weight excluding hydrogens is 218 g/mol. The number of nitrogens with one attached hydrogen (secondary N) is 1. The smallest absolute Gasteiger partial charge is 0.227 e. The van der Waals surface area contributed by atoms with Gasteiger partial charge in [-0.2, -0.15) is 5.10 Å². The Labute approximate surface area is 99.7 Å². The van der Waals surface area contributed by atoms with E-state index >= 15 is 0 Å². The SMILES string of the molecule is CCNc1ncnc(Oc2cnn(C)c2)c1C. The van der Waals surface area contributed by atoms with Gasteiger partial charge in [-0.25, -0.2) is 9.97 Å². The summed E-state index contributed by atoms with van der Waals surface area (Å²) >= 11 is 0. The molecule has 0 spiro atoms. The Morgan fingerprint density at radius 3 is 2.88 bits per heavy atom. The lowest BCUT2D eigenvalue weighted by molar-refractivity contribution is 0.457. The normalized spacial score (nSPS) is 10.3. The molecule has 0 bridgehead atoms. The van der Waals surface area contributed by atoms with E-state index in [-0.39, 0.29) is 0 Å². The summed E-state index contributed by atoms with van der Waals surface area (Å²) in [5.74, 6) is 2.00. The average molecular weight is 233 g/mol. The van der Waals surface area contributed by atoms with Crippen LogP contribution in [0.2, 0.25) is 0 Å². The largest absolute Gasteiger partial charge is 0.435 e. The molecule has 2 rings (SSSR count). The number of anilines is 1. The standard InChI is InChI=1S/C11H15N5O/c1-4-12-10-8(2)11(14-7-13-10)17-9-5-15-16(3)6-9/h5-7H,4H2,1-3H3,(H,12,13,14). The van der Waals surface area contributed by atoms with E-state index in [1.54, 1.807) is 17.1 Å². The molecule has 2 aromatic rings. The maximum Gasteiger partial charge on any atom is 0.227 e. The molecule has 0 saturated heterocycles. The van der Waals surface area contributed by atoms with Gasteiger partial charge in [0.15, 0.2) is 5.75 Å². The minimum absolute atomic E-state index is 0.545. The Morgan fingerprint density at radius 1 is 1.41 bits per heavy atom. The molecular formula is C11H15N5O. The average Bonchev–Trinajstić information content (AvgIpc) is 2.70. The van der Waals surface area contributed by atoms with Crippen molar-refractivity contribution in [1.29, 1.82) is 0 Å². The van der Waals surface area contributed by atoms with Crippen molar-refractivity contribution in [3.63, 3.8) is 0 Å². The first kappa shape index (κ1) is 11.4. The zero-order chi connectivity index (χ0) is 12.3. The van der Waals surface area contributed by atoms with E-state index in [9.17, 15) is 0 Å². The Balaban J connectivity index is 2.23. The van der Waals surface area contributed by atoms with Gasteiger partial charge in [0.25, 0.3) is 0 Å². The van der Waals surface area contributed by atoms with E-state index in [4.69, 9.17) is 4.74 Å². The van der Waals surface area contributed by atoms with Crippen LogP contribution in [0.4, 0.5) is 5.82 Å². The van der Waals surface area contributed by atoms with E-state index in [1.165, 1.54) is 6.33 Å². The predicted octanol–water partition coefficient (Wildman–Crippen LogP) is 1.74. The zero-order valence-electron chi connectivity index (χ0n) is 10.1. The van der Waals surface area contributed by atoms with Crippen LogP contribution in [-0.4, -0.2) is 26.3 Å². The fraction of sp³-hybridized carbons (Fsp3) is 0.364. The summed E-state index contributed by atoms with van der Waals surface area (Å²) in [6, 6.07) is 0. The summed E-state index contributed by atoms with van der Waals surface area (Å²) in [6.07, 6.45) is 4.92. The number of rotatable bonds is 4. The highest BCUT2D eigenvalue weighted by atomic mass is 16.5. The molecule has 0 fully saturated rings. The highest BCUT2D eigenvalue weighted by Gasteiger charge is 2.09. The molecule has 6 heteroatoms. The third kappa shape index (κ3) is 2.52. The van der Waals surface area contributed by atoms with Gasteiger partial charge in [0.1, 0.15) is 12.1 Å². The molecule has 2 heterocycles. The maximum atomic E-state index is 5.64. The first-order chi connectivity index (χ1) is 8.20. The third-order valence-electron chi connectivity index (χ3n) is 2.28. The number of aromatic nitrogens is 4. The van der Waals surface area contributed by atoms with Crippen molar-refractivity contribution in [2.24, 2.45) is 7.05 Å². The number of nitrogens with zero attached hydrogens (tertiary/aromatic N) is 4. The second kappa shape index (κ2) is 4.82. The Hall–Kier alpha value is -2.11. The molecule has 90 valence electrons. The van der Waals surface area contributed by atoms with Crippen molar-refractivity contribution in [2.45, 2.75) is 13.8 Å². The van der Waals surface area contributed by atoms with Gasteiger partial charge in [-0.1, -0.05) is 0 Å². The zero-order valence-corrected chi connectivity index (χ0v) is 10.1. The van der Waals surface area contributed by atoms with Gasteiger partial charge in [0, 0.05) is 13.6 Å². The molecule has 0 unspecified atom stereocenters. The van der Waals surface area contributed by atoms with Crippen LogP contribution in [0.3, 0.4) is 0 Å². The van der Waals surface area contributed by atoms with Crippen molar-refractivity contribution in [2.75, 3.05) is 11.9 Å². The summed E-state index contributed by atoms with van der Waals surface area (Å²) in [5, 5.41) is 7.19. The summed E-state index contributed by atoms with van der Waals surface area (Å²) < 4.78 is 7.32. The Kier molecular flexibility index (Phi) is 3.22. The van der Waals surface area contributed by atoms with Crippen molar-refractivity contribution in [3.8, 4) is 11.6 Å². The van der Waals surface area contributed by atoms with Crippen molar-refractivity contribution in [3.05, 3.63) is 24.3 Å². The molecule has 0 aromatic carbocycles. The Bertz CT molecular complexity index is 508. The topological polar surface area (TPSA) is 64.9 Å². The fourth-order valence-electron chi connectivity index (χ4n) is 1.45. The molecule has 0 amide bonds. The number of hydrogen-bond donors (Lipinski definition) is 1. The molecule has 6 nitrogen and oxygen atoms in total. The van der Waals surface area contributed by atoms with Gasteiger partial charge >= 0.3 is 0 Å². The van der Waals surface area contributed by atoms with Gasteiger partial charge in [-0.15, -0.1) is 0 Å². The molecule has 2 aromatic heterocycles. The molecule has 0 aliphatic rings. The van der Waals surface area contributed by atoms with Gasteiger partial charge in [0.05, 0.1) is 18.0 Å². The highest BCUT2D eigenvalue weighted by molar-refractivity contribution is 5.48. The van der Waals surface area contributed by atoms with Crippen LogP contribution in [0.15, 0.2) is 18.7 Å². The van der Waals surface area contributed by atoms with Crippen LogP contribution in [0, 0.1) is 6.92 Å². The van der Waals surface area contributed by atoms with Gasteiger partial charge in [-0.05, 0) is 13.8 Å².